The third-order valence-electron chi connectivity index (χ3n) is 2.31. The van der Waals surface area contributed by atoms with Gasteiger partial charge in [-0.05, 0) is 20.3 Å². The Morgan fingerprint density at radius 1 is 1.50 bits per heavy atom. The quantitative estimate of drug-likeness (QED) is 0.782. The minimum atomic E-state index is -0.0949. The molecule has 78 valence electrons. The minimum Gasteiger partial charge on any atom is -0.364 e. The first-order valence-corrected chi connectivity index (χ1v) is 5.26. The number of nitrogens with zero attached hydrogens (tertiary/aromatic N) is 2. The van der Waals surface area contributed by atoms with E-state index in [0.29, 0.717) is 5.88 Å². The van der Waals surface area contributed by atoms with Gasteiger partial charge in [-0.3, -0.25) is 0 Å². The van der Waals surface area contributed by atoms with Crippen LogP contribution in [0.25, 0.3) is 0 Å². The van der Waals surface area contributed by atoms with Crippen LogP contribution in [0.1, 0.15) is 26.0 Å². The monoisotopic (exact) mass is 213 g/mol. The minimum absolute atomic E-state index is 0.0949. The van der Waals surface area contributed by atoms with Crippen molar-refractivity contribution in [1.29, 1.82) is 0 Å². The standard InChI is InChI=1S/C10H16ClN3/c1-4-10(3,6-11)14-9-5-8(2)12-7-13-9/h5,7H,4,6H2,1-3H3,(H,12,13,14). The number of halogens is 1. The number of nitrogens with one attached hydrogen (secondary N) is 1. The first-order valence-electron chi connectivity index (χ1n) is 4.72. The highest BCUT2D eigenvalue weighted by Gasteiger charge is 2.20. The molecule has 0 saturated heterocycles. The van der Waals surface area contributed by atoms with E-state index in [4.69, 9.17) is 11.6 Å². The molecule has 0 bridgehead atoms. The summed E-state index contributed by atoms with van der Waals surface area (Å²) >= 11 is 5.89. The van der Waals surface area contributed by atoms with Gasteiger partial charge in [-0.15, -0.1) is 11.6 Å². The van der Waals surface area contributed by atoms with Gasteiger partial charge in [0.2, 0.25) is 0 Å². The normalized spacial score (nSPS) is 14.9. The fourth-order valence-corrected chi connectivity index (χ4v) is 1.30. The second kappa shape index (κ2) is 4.60. The molecule has 1 rings (SSSR count). The number of rotatable bonds is 4. The first kappa shape index (κ1) is 11.2. The lowest BCUT2D eigenvalue weighted by Gasteiger charge is -2.27. The van der Waals surface area contributed by atoms with Crippen LogP contribution in [0.3, 0.4) is 0 Å². The van der Waals surface area contributed by atoms with Crippen LogP contribution in [0, 0.1) is 6.92 Å². The van der Waals surface area contributed by atoms with E-state index in [1.54, 1.807) is 6.33 Å². The van der Waals surface area contributed by atoms with Crippen molar-refractivity contribution in [2.75, 3.05) is 11.2 Å². The molecule has 1 atom stereocenters. The van der Waals surface area contributed by atoms with E-state index in [9.17, 15) is 0 Å². The van der Waals surface area contributed by atoms with E-state index in [1.807, 2.05) is 13.0 Å². The van der Waals surface area contributed by atoms with Crippen LogP contribution in [-0.2, 0) is 0 Å². The van der Waals surface area contributed by atoms with E-state index in [2.05, 4.69) is 29.1 Å². The molecule has 0 spiro atoms. The van der Waals surface area contributed by atoms with Crippen molar-refractivity contribution in [2.45, 2.75) is 32.7 Å². The van der Waals surface area contributed by atoms with E-state index in [1.165, 1.54) is 0 Å². The third kappa shape index (κ3) is 2.84. The Labute approximate surface area is 89.9 Å². The van der Waals surface area contributed by atoms with Crippen molar-refractivity contribution in [2.24, 2.45) is 0 Å². The average molecular weight is 214 g/mol. The third-order valence-corrected chi connectivity index (χ3v) is 2.90. The SMILES string of the molecule is CCC(C)(CCl)Nc1cc(C)ncn1. The van der Waals surface area contributed by atoms with Gasteiger partial charge in [-0.2, -0.15) is 0 Å². The van der Waals surface area contributed by atoms with Gasteiger partial charge in [0.1, 0.15) is 12.1 Å². The highest BCUT2D eigenvalue weighted by atomic mass is 35.5. The molecule has 0 aliphatic rings. The fourth-order valence-electron chi connectivity index (χ4n) is 1.05. The Morgan fingerprint density at radius 2 is 2.21 bits per heavy atom. The molecule has 0 fully saturated rings. The molecule has 0 amide bonds. The van der Waals surface area contributed by atoms with Crippen LogP contribution in [0.2, 0.25) is 0 Å². The summed E-state index contributed by atoms with van der Waals surface area (Å²) in [4.78, 5) is 8.18. The fraction of sp³-hybridized carbons (Fsp3) is 0.600. The summed E-state index contributed by atoms with van der Waals surface area (Å²) in [6.07, 6.45) is 2.52. The van der Waals surface area contributed by atoms with Crippen molar-refractivity contribution < 1.29 is 0 Å². The molecule has 1 aromatic rings. The maximum Gasteiger partial charge on any atom is 0.130 e. The highest BCUT2D eigenvalue weighted by molar-refractivity contribution is 6.18. The predicted molar refractivity (Wildman–Crippen MR) is 59.8 cm³/mol. The Bertz CT molecular complexity index is 297. The van der Waals surface area contributed by atoms with Gasteiger partial charge in [0.15, 0.2) is 0 Å². The largest absolute Gasteiger partial charge is 0.364 e. The molecule has 0 aromatic carbocycles. The van der Waals surface area contributed by atoms with Crippen molar-refractivity contribution in [3.05, 3.63) is 18.1 Å². The first-order chi connectivity index (χ1) is 6.59. The van der Waals surface area contributed by atoms with Crippen LogP contribution in [0.4, 0.5) is 5.82 Å². The summed E-state index contributed by atoms with van der Waals surface area (Å²) in [6, 6.07) is 1.92. The maximum absolute atomic E-state index is 5.89. The van der Waals surface area contributed by atoms with Gasteiger partial charge in [0, 0.05) is 23.2 Å². The Hall–Kier alpha value is -0.830. The summed E-state index contributed by atoms with van der Waals surface area (Å²) in [5.74, 6) is 1.40. The van der Waals surface area contributed by atoms with E-state index < -0.39 is 0 Å². The van der Waals surface area contributed by atoms with Crippen molar-refractivity contribution in [3.8, 4) is 0 Å². The predicted octanol–water partition coefficient (Wildman–Crippen LogP) is 2.60. The Balaban J connectivity index is 2.77. The zero-order valence-corrected chi connectivity index (χ0v) is 9.60. The molecule has 1 aromatic heterocycles. The van der Waals surface area contributed by atoms with Crippen LogP contribution in [-0.4, -0.2) is 21.4 Å². The Morgan fingerprint density at radius 3 is 2.71 bits per heavy atom. The molecule has 3 nitrogen and oxygen atoms in total. The van der Waals surface area contributed by atoms with Crippen molar-refractivity contribution in [1.82, 2.24) is 9.97 Å². The maximum atomic E-state index is 5.89. The van der Waals surface area contributed by atoms with E-state index >= 15 is 0 Å². The molecule has 0 aliphatic carbocycles. The molecule has 1 heterocycles. The lowest BCUT2D eigenvalue weighted by molar-refractivity contribution is 0.551. The van der Waals surface area contributed by atoms with Crippen LogP contribution < -0.4 is 5.32 Å². The molecule has 14 heavy (non-hydrogen) atoms. The number of aromatic nitrogens is 2. The lowest BCUT2D eigenvalue weighted by Crippen LogP contribution is -2.36. The van der Waals surface area contributed by atoms with Gasteiger partial charge in [0.05, 0.1) is 0 Å². The second-order valence-corrected chi connectivity index (χ2v) is 3.98. The zero-order valence-electron chi connectivity index (χ0n) is 8.84. The molecule has 1 N–H and O–H groups in total. The van der Waals surface area contributed by atoms with Gasteiger partial charge < -0.3 is 5.32 Å². The van der Waals surface area contributed by atoms with E-state index in [0.717, 1.165) is 17.9 Å². The van der Waals surface area contributed by atoms with Gasteiger partial charge in [0.25, 0.3) is 0 Å². The number of aryl methyl sites for hydroxylation is 1. The topological polar surface area (TPSA) is 37.8 Å². The van der Waals surface area contributed by atoms with Crippen LogP contribution in [0.5, 0.6) is 0 Å². The molecule has 0 saturated carbocycles. The zero-order chi connectivity index (χ0) is 10.6. The molecule has 0 aliphatic heterocycles. The Kier molecular flexibility index (Phi) is 3.69. The van der Waals surface area contributed by atoms with Gasteiger partial charge in [-0.1, -0.05) is 6.92 Å². The molecule has 1 unspecified atom stereocenters. The average Bonchev–Trinajstić information content (AvgIpc) is 2.18. The number of alkyl halides is 1. The lowest BCUT2D eigenvalue weighted by atomic mass is 10.0. The van der Waals surface area contributed by atoms with Gasteiger partial charge in [-0.25, -0.2) is 9.97 Å². The second-order valence-electron chi connectivity index (χ2n) is 3.72. The van der Waals surface area contributed by atoms with Gasteiger partial charge >= 0.3 is 0 Å². The van der Waals surface area contributed by atoms with Crippen molar-refractivity contribution in [3.63, 3.8) is 0 Å². The number of hydrogen-bond acceptors (Lipinski definition) is 3. The molecular weight excluding hydrogens is 198 g/mol. The molecule has 0 radical (unpaired) electrons. The number of anilines is 1. The van der Waals surface area contributed by atoms with Crippen molar-refractivity contribution >= 4 is 17.4 Å². The molecule has 4 heteroatoms. The van der Waals surface area contributed by atoms with E-state index in [-0.39, 0.29) is 5.54 Å². The summed E-state index contributed by atoms with van der Waals surface area (Å²) in [7, 11) is 0. The van der Waals surface area contributed by atoms with Crippen LogP contribution in [0.15, 0.2) is 12.4 Å². The smallest absolute Gasteiger partial charge is 0.130 e. The summed E-state index contributed by atoms with van der Waals surface area (Å²) in [5.41, 5.74) is 0.859. The summed E-state index contributed by atoms with van der Waals surface area (Å²) in [5, 5.41) is 3.31. The number of hydrogen-bond donors (Lipinski definition) is 1. The summed E-state index contributed by atoms with van der Waals surface area (Å²) in [6.45, 7) is 6.12. The molecular formula is C10H16ClN3. The highest BCUT2D eigenvalue weighted by Crippen LogP contribution is 2.18. The van der Waals surface area contributed by atoms with Crippen LogP contribution >= 0.6 is 11.6 Å². The summed E-state index contributed by atoms with van der Waals surface area (Å²) < 4.78 is 0.